The number of rotatable bonds is 8. The Hall–Kier alpha value is -2.64. The highest BCUT2D eigenvalue weighted by atomic mass is 32.1. The molecule has 1 atom stereocenters. The van der Waals surface area contributed by atoms with Crippen molar-refractivity contribution >= 4 is 23.3 Å². The molecule has 0 bridgehead atoms. The lowest BCUT2D eigenvalue weighted by molar-refractivity contribution is -0.138. The molecular weight excluding hydrogens is 386 g/mol. The van der Waals surface area contributed by atoms with Gasteiger partial charge in [-0.25, -0.2) is 9.59 Å². The molecule has 0 radical (unpaired) electrons. The third kappa shape index (κ3) is 5.25. The van der Waals surface area contributed by atoms with Crippen LogP contribution in [-0.4, -0.2) is 31.7 Å². The summed E-state index contributed by atoms with van der Waals surface area (Å²) in [7, 11) is 0. The maximum atomic E-state index is 12.3. The molecule has 29 heavy (non-hydrogen) atoms. The fraction of sp³-hybridized carbons (Fsp3) is 0.364. The van der Waals surface area contributed by atoms with Crippen LogP contribution in [0.5, 0.6) is 0 Å². The van der Waals surface area contributed by atoms with Gasteiger partial charge in [0.05, 0.1) is 24.8 Å². The zero-order valence-corrected chi connectivity index (χ0v) is 17.8. The fourth-order valence-corrected chi connectivity index (χ4v) is 4.04. The van der Waals surface area contributed by atoms with E-state index in [9.17, 15) is 9.59 Å². The van der Waals surface area contributed by atoms with Crippen LogP contribution in [0.2, 0.25) is 0 Å². The van der Waals surface area contributed by atoms with E-state index in [4.69, 9.17) is 4.74 Å². The molecule has 0 unspecified atom stereocenters. The quantitative estimate of drug-likeness (QED) is 0.577. The summed E-state index contributed by atoms with van der Waals surface area (Å²) in [6.45, 7) is 6.90. The molecule has 2 aromatic rings. The molecule has 1 aliphatic rings. The SMILES string of the molecule is CCOC(=O)C1=C(CN[C@@H](c2ccc(C(C)C)cc2)c2cccs2)NC(=O)NC1. The van der Waals surface area contributed by atoms with E-state index in [1.165, 1.54) is 10.4 Å². The Morgan fingerprint density at radius 1 is 1.21 bits per heavy atom. The molecule has 2 amide bonds. The second kappa shape index (κ2) is 9.71. The van der Waals surface area contributed by atoms with Gasteiger partial charge in [0.2, 0.25) is 0 Å². The number of thiophene rings is 1. The van der Waals surface area contributed by atoms with Crippen molar-refractivity contribution in [3.63, 3.8) is 0 Å². The molecule has 3 rings (SSSR count). The predicted octanol–water partition coefficient (Wildman–Crippen LogP) is 3.68. The summed E-state index contributed by atoms with van der Waals surface area (Å²) in [6, 6.07) is 12.3. The number of nitrogens with one attached hydrogen (secondary N) is 3. The van der Waals surface area contributed by atoms with Gasteiger partial charge in [0.25, 0.3) is 0 Å². The van der Waals surface area contributed by atoms with E-state index >= 15 is 0 Å². The molecule has 0 fully saturated rings. The first-order valence-electron chi connectivity index (χ1n) is 9.80. The Kier molecular flexibility index (Phi) is 7.06. The first-order valence-corrected chi connectivity index (χ1v) is 10.7. The summed E-state index contributed by atoms with van der Waals surface area (Å²) in [5.74, 6) is 0.0604. The van der Waals surface area contributed by atoms with Crippen LogP contribution in [0.25, 0.3) is 0 Å². The van der Waals surface area contributed by atoms with Gasteiger partial charge in [0.15, 0.2) is 0 Å². The summed E-state index contributed by atoms with van der Waals surface area (Å²) in [4.78, 5) is 25.2. The minimum absolute atomic E-state index is 0.0426. The largest absolute Gasteiger partial charge is 0.463 e. The topological polar surface area (TPSA) is 79.5 Å². The van der Waals surface area contributed by atoms with Crippen molar-refractivity contribution in [2.45, 2.75) is 32.7 Å². The molecule has 7 heteroatoms. The minimum atomic E-state index is -0.411. The first kappa shape index (κ1) is 21.1. The highest BCUT2D eigenvalue weighted by Crippen LogP contribution is 2.27. The third-order valence-electron chi connectivity index (χ3n) is 4.82. The van der Waals surface area contributed by atoms with Crippen LogP contribution in [0.3, 0.4) is 0 Å². The van der Waals surface area contributed by atoms with Crippen molar-refractivity contribution in [2.75, 3.05) is 19.7 Å². The molecule has 1 aliphatic heterocycles. The average Bonchev–Trinajstić information content (AvgIpc) is 3.23. The molecule has 0 saturated carbocycles. The van der Waals surface area contributed by atoms with Crippen LogP contribution in [-0.2, 0) is 9.53 Å². The smallest absolute Gasteiger partial charge is 0.337 e. The van der Waals surface area contributed by atoms with Crippen molar-refractivity contribution in [1.29, 1.82) is 0 Å². The second-order valence-electron chi connectivity index (χ2n) is 7.14. The maximum absolute atomic E-state index is 12.3. The average molecular weight is 414 g/mol. The molecule has 0 aliphatic carbocycles. The monoisotopic (exact) mass is 413 g/mol. The van der Waals surface area contributed by atoms with Crippen LogP contribution in [0, 0.1) is 0 Å². The second-order valence-corrected chi connectivity index (χ2v) is 8.12. The predicted molar refractivity (Wildman–Crippen MR) is 115 cm³/mol. The number of carbonyl (C=O) groups excluding carboxylic acids is 2. The zero-order chi connectivity index (χ0) is 20.8. The third-order valence-corrected chi connectivity index (χ3v) is 5.76. The van der Waals surface area contributed by atoms with Gasteiger partial charge in [0.1, 0.15) is 0 Å². The van der Waals surface area contributed by atoms with Gasteiger partial charge in [-0.1, -0.05) is 44.2 Å². The van der Waals surface area contributed by atoms with E-state index in [0.29, 0.717) is 23.7 Å². The molecule has 2 heterocycles. The van der Waals surface area contributed by atoms with E-state index in [1.54, 1.807) is 18.3 Å². The van der Waals surface area contributed by atoms with Gasteiger partial charge < -0.3 is 15.4 Å². The summed E-state index contributed by atoms with van der Waals surface area (Å²) in [5, 5.41) is 10.9. The van der Waals surface area contributed by atoms with Gasteiger partial charge in [-0.05, 0) is 35.4 Å². The molecule has 0 saturated heterocycles. The van der Waals surface area contributed by atoms with Crippen LogP contribution >= 0.6 is 11.3 Å². The van der Waals surface area contributed by atoms with E-state index < -0.39 is 5.97 Å². The summed E-state index contributed by atoms with van der Waals surface area (Å²) in [6.07, 6.45) is 0. The number of benzene rings is 1. The Labute approximate surface area is 175 Å². The van der Waals surface area contributed by atoms with E-state index in [0.717, 1.165) is 5.56 Å². The number of amides is 2. The van der Waals surface area contributed by atoms with Crippen molar-refractivity contribution in [2.24, 2.45) is 0 Å². The normalized spacial score (nSPS) is 15.1. The molecule has 154 valence electrons. The Bertz CT molecular complexity index is 873. The van der Waals surface area contributed by atoms with Gasteiger partial charge in [-0.15, -0.1) is 11.3 Å². The Morgan fingerprint density at radius 2 is 1.93 bits per heavy atom. The first-order chi connectivity index (χ1) is 14.0. The van der Waals surface area contributed by atoms with Crippen LogP contribution in [0.4, 0.5) is 4.79 Å². The number of carbonyl (C=O) groups is 2. The van der Waals surface area contributed by atoms with Crippen molar-refractivity contribution in [1.82, 2.24) is 16.0 Å². The molecule has 3 N–H and O–H groups in total. The lowest BCUT2D eigenvalue weighted by Crippen LogP contribution is -2.46. The minimum Gasteiger partial charge on any atom is -0.463 e. The summed E-state index contributed by atoms with van der Waals surface area (Å²) >= 11 is 1.67. The maximum Gasteiger partial charge on any atom is 0.337 e. The standard InChI is InChI=1S/C22H27N3O3S/c1-4-28-21(26)17-12-24-22(27)25-18(17)13-23-20(19-6-5-11-29-19)16-9-7-15(8-10-16)14(2)3/h5-11,14,20,23H,4,12-13H2,1-3H3,(H2,24,25,27)/t20-/m0/s1. The lowest BCUT2D eigenvalue weighted by Gasteiger charge is -2.24. The van der Waals surface area contributed by atoms with Crippen molar-refractivity contribution < 1.29 is 14.3 Å². The summed E-state index contributed by atoms with van der Waals surface area (Å²) < 4.78 is 5.13. The summed E-state index contributed by atoms with van der Waals surface area (Å²) in [5.41, 5.74) is 3.42. The molecule has 0 spiro atoms. The van der Waals surface area contributed by atoms with Crippen LogP contribution in [0.15, 0.2) is 53.0 Å². The van der Waals surface area contributed by atoms with E-state index in [1.807, 2.05) is 11.4 Å². The number of hydrogen-bond donors (Lipinski definition) is 3. The highest BCUT2D eigenvalue weighted by molar-refractivity contribution is 7.10. The van der Waals surface area contributed by atoms with Gasteiger partial charge in [-0.3, -0.25) is 5.32 Å². The highest BCUT2D eigenvalue weighted by Gasteiger charge is 2.25. The molecular formula is C22H27N3O3S. The van der Waals surface area contributed by atoms with Crippen LogP contribution in [0.1, 0.15) is 48.7 Å². The van der Waals surface area contributed by atoms with Gasteiger partial charge >= 0.3 is 12.0 Å². The lowest BCUT2D eigenvalue weighted by atomic mass is 9.98. The molecule has 1 aromatic heterocycles. The number of ether oxygens (including phenoxy) is 1. The molecule has 6 nitrogen and oxygen atoms in total. The zero-order valence-electron chi connectivity index (χ0n) is 17.0. The van der Waals surface area contributed by atoms with Gasteiger partial charge in [-0.2, -0.15) is 0 Å². The Balaban J connectivity index is 1.84. The van der Waals surface area contributed by atoms with E-state index in [2.05, 4.69) is 60.1 Å². The number of hydrogen-bond acceptors (Lipinski definition) is 5. The van der Waals surface area contributed by atoms with E-state index in [-0.39, 0.29) is 25.2 Å². The van der Waals surface area contributed by atoms with Crippen molar-refractivity contribution in [3.05, 3.63) is 69.1 Å². The van der Waals surface area contributed by atoms with Crippen LogP contribution < -0.4 is 16.0 Å². The number of esters is 1. The fourth-order valence-electron chi connectivity index (χ4n) is 3.21. The van der Waals surface area contributed by atoms with Gasteiger partial charge in [0, 0.05) is 17.1 Å². The molecule has 1 aromatic carbocycles. The Morgan fingerprint density at radius 3 is 2.55 bits per heavy atom. The number of urea groups is 1. The van der Waals surface area contributed by atoms with Crippen molar-refractivity contribution in [3.8, 4) is 0 Å².